The molecule has 2 heterocycles. The highest BCUT2D eigenvalue weighted by atomic mass is 35.5. The van der Waals surface area contributed by atoms with Crippen LogP contribution < -0.4 is 14.7 Å². The maximum atomic E-state index is 13.9. The summed E-state index contributed by atoms with van der Waals surface area (Å²) in [4.78, 5) is 26.6. The summed E-state index contributed by atoms with van der Waals surface area (Å²) in [5.41, 5.74) is 4.88. The molecule has 0 aliphatic carbocycles. The number of hydrogen-bond donors (Lipinski definition) is 0. The lowest BCUT2D eigenvalue weighted by molar-refractivity contribution is -0.113. The van der Waals surface area contributed by atoms with Gasteiger partial charge in [0.2, 0.25) is 0 Å². The summed E-state index contributed by atoms with van der Waals surface area (Å²) < 4.78 is 0. The van der Waals surface area contributed by atoms with E-state index in [1.807, 2.05) is 73.5 Å². The molecule has 1 amide bonds. The van der Waals surface area contributed by atoms with E-state index >= 15 is 0 Å². The Kier molecular flexibility index (Phi) is 7.06. The maximum absolute atomic E-state index is 13.9. The van der Waals surface area contributed by atoms with Gasteiger partial charge in [0.1, 0.15) is 4.91 Å². The molecule has 5 rings (SSSR count). The largest absolute Gasteiger partial charge is 0.372 e. The van der Waals surface area contributed by atoms with Gasteiger partial charge in [0.05, 0.1) is 22.1 Å². The van der Waals surface area contributed by atoms with E-state index in [1.54, 1.807) is 16.7 Å². The Morgan fingerprint density at radius 2 is 1.72 bits per heavy atom. The Balaban J connectivity index is 1.56. The molecule has 0 atom stereocenters. The third-order valence-electron chi connectivity index (χ3n) is 6.23. The second-order valence-electron chi connectivity index (χ2n) is 8.57. The van der Waals surface area contributed by atoms with Crippen LogP contribution in [0, 0.1) is 6.92 Å². The summed E-state index contributed by atoms with van der Waals surface area (Å²) in [5, 5.41) is 2.21. The van der Waals surface area contributed by atoms with E-state index < -0.39 is 0 Å². The van der Waals surface area contributed by atoms with Crippen LogP contribution in [0.15, 0.2) is 86.6 Å². The van der Waals surface area contributed by atoms with Gasteiger partial charge in [-0.15, -0.1) is 0 Å². The number of anilines is 3. The van der Waals surface area contributed by atoms with E-state index in [1.165, 1.54) is 11.8 Å². The highest BCUT2D eigenvalue weighted by Crippen LogP contribution is 2.51. The second kappa shape index (κ2) is 10.2. The van der Waals surface area contributed by atoms with Gasteiger partial charge in [-0.1, -0.05) is 35.5 Å². The van der Waals surface area contributed by atoms with Gasteiger partial charge >= 0.3 is 0 Å². The van der Waals surface area contributed by atoms with E-state index in [2.05, 4.69) is 30.9 Å². The van der Waals surface area contributed by atoms with Gasteiger partial charge in [-0.05, 0) is 92.7 Å². The predicted octanol–water partition coefficient (Wildman–Crippen LogP) is 7.67. The number of thioether (sulfide) groups is 2. The van der Waals surface area contributed by atoms with Crippen molar-refractivity contribution in [2.24, 2.45) is 4.99 Å². The molecule has 2 aliphatic heterocycles. The molecule has 8 heteroatoms. The first-order chi connectivity index (χ1) is 17.4. The molecule has 1 fully saturated rings. The highest BCUT2D eigenvalue weighted by Gasteiger charge is 2.40. The zero-order chi connectivity index (χ0) is 25.4. The summed E-state index contributed by atoms with van der Waals surface area (Å²) in [5.74, 6) is -0.0719. The number of aliphatic imine (C=N–C) groups is 1. The number of halogens is 1. The monoisotopic (exact) mass is 534 g/mol. The minimum absolute atomic E-state index is 0.0719. The first-order valence-corrected chi connectivity index (χ1v) is 13.9. The van der Waals surface area contributed by atoms with E-state index in [-0.39, 0.29) is 5.91 Å². The van der Waals surface area contributed by atoms with Crippen molar-refractivity contribution >= 4 is 68.9 Å². The lowest BCUT2D eigenvalue weighted by Crippen LogP contribution is -2.29. The molecule has 0 aromatic heterocycles. The van der Waals surface area contributed by atoms with Crippen LogP contribution in [0.3, 0.4) is 0 Å². The number of amides is 1. The highest BCUT2D eigenvalue weighted by molar-refractivity contribution is 8.20. The number of aryl methyl sites for hydroxylation is 1. The number of nitrogens with zero attached hydrogens (tertiary/aromatic N) is 4. The number of carbonyl (C=O) groups excluding carboxylic acids is 1. The molecule has 3 aromatic carbocycles. The zero-order valence-corrected chi connectivity index (χ0v) is 23.0. The van der Waals surface area contributed by atoms with E-state index in [4.69, 9.17) is 16.6 Å². The van der Waals surface area contributed by atoms with Gasteiger partial charge in [-0.25, -0.2) is 4.99 Å². The first-order valence-electron chi connectivity index (χ1n) is 11.9. The molecule has 5 nitrogen and oxygen atoms in total. The minimum atomic E-state index is -0.0719. The number of benzene rings is 3. The lowest BCUT2D eigenvalue weighted by atomic mass is 10.2. The van der Waals surface area contributed by atoms with E-state index in [9.17, 15) is 4.79 Å². The summed E-state index contributed by atoms with van der Waals surface area (Å²) in [6.45, 7) is 8.23. The molecule has 0 saturated carbocycles. The topological polar surface area (TPSA) is 39.1 Å². The lowest BCUT2D eigenvalue weighted by Gasteiger charge is -2.21. The first kappa shape index (κ1) is 24.8. The van der Waals surface area contributed by atoms with Gasteiger partial charge in [0, 0.05) is 35.7 Å². The van der Waals surface area contributed by atoms with Crippen LogP contribution in [0.1, 0.15) is 19.4 Å². The van der Waals surface area contributed by atoms with Gasteiger partial charge in [0.25, 0.3) is 5.91 Å². The zero-order valence-electron chi connectivity index (χ0n) is 20.7. The summed E-state index contributed by atoms with van der Waals surface area (Å²) >= 11 is 9.26. The van der Waals surface area contributed by atoms with Crippen molar-refractivity contribution in [3.05, 3.63) is 87.3 Å². The van der Waals surface area contributed by atoms with Crippen LogP contribution in [0.5, 0.6) is 0 Å². The normalized spacial score (nSPS) is 18.4. The van der Waals surface area contributed by atoms with Crippen LogP contribution in [-0.4, -0.2) is 31.2 Å². The molecule has 0 spiro atoms. The van der Waals surface area contributed by atoms with Crippen molar-refractivity contribution in [1.29, 1.82) is 0 Å². The van der Waals surface area contributed by atoms with Gasteiger partial charge in [0.15, 0.2) is 5.17 Å². The standard InChI is InChI=1S/C28H27ClN4OS2/c1-5-32(6-2)21-13-11-20(12-14-21)30-28-33(22-9-7-8-18(3)16-22)26(34)25(36-28)27-31(4)23-17-19(29)10-15-24(23)35-27/h7-17H,5-6H2,1-4H3. The molecule has 1 saturated heterocycles. The Morgan fingerprint density at radius 1 is 0.972 bits per heavy atom. The van der Waals surface area contributed by atoms with Crippen molar-refractivity contribution in [3.63, 3.8) is 0 Å². The average Bonchev–Trinajstić information content (AvgIpc) is 3.36. The summed E-state index contributed by atoms with van der Waals surface area (Å²) in [6.07, 6.45) is 0. The van der Waals surface area contributed by atoms with Crippen molar-refractivity contribution in [3.8, 4) is 0 Å². The van der Waals surface area contributed by atoms with Crippen LogP contribution in [0.2, 0.25) is 5.02 Å². The smallest absolute Gasteiger partial charge is 0.274 e. The molecular formula is C28H27ClN4OS2. The molecule has 0 unspecified atom stereocenters. The Hall–Kier alpha value is -2.87. The summed E-state index contributed by atoms with van der Waals surface area (Å²) in [6, 6.07) is 22.0. The number of amidine groups is 1. The molecule has 0 N–H and O–H groups in total. The van der Waals surface area contributed by atoms with E-state index in [0.29, 0.717) is 15.1 Å². The van der Waals surface area contributed by atoms with Crippen LogP contribution >= 0.6 is 35.1 Å². The Labute approximate surface area is 225 Å². The molecule has 3 aromatic rings. The average molecular weight is 535 g/mol. The van der Waals surface area contributed by atoms with Gasteiger partial charge in [-0.2, -0.15) is 0 Å². The van der Waals surface area contributed by atoms with Crippen molar-refractivity contribution in [2.45, 2.75) is 25.7 Å². The predicted molar refractivity (Wildman–Crippen MR) is 156 cm³/mol. The van der Waals surface area contributed by atoms with E-state index in [0.717, 1.165) is 51.3 Å². The van der Waals surface area contributed by atoms with Crippen LogP contribution in [0.4, 0.5) is 22.7 Å². The third-order valence-corrected chi connectivity index (χ3v) is 8.86. The fraction of sp³-hybridized carbons (Fsp3) is 0.214. The minimum Gasteiger partial charge on any atom is -0.372 e. The molecule has 184 valence electrons. The third kappa shape index (κ3) is 4.63. The van der Waals surface area contributed by atoms with Crippen molar-refractivity contribution in [1.82, 2.24) is 0 Å². The molecule has 36 heavy (non-hydrogen) atoms. The quantitative estimate of drug-likeness (QED) is 0.314. The fourth-order valence-corrected chi connectivity index (χ4v) is 6.82. The van der Waals surface area contributed by atoms with Crippen molar-refractivity contribution < 1.29 is 4.79 Å². The van der Waals surface area contributed by atoms with Gasteiger partial charge in [-0.3, -0.25) is 9.69 Å². The summed E-state index contributed by atoms with van der Waals surface area (Å²) in [7, 11) is 1.98. The number of carbonyl (C=O) groups is 1. The SMILES string of the molecule is CCN(CC)c1ccc(N=C2SC(=C3Sc4ccc(Cl)cc4N3C)C(=O)N2c2cccc(C)c2)cc1. The number of hydrogen-bond acceptors (Lipinski definition) is 6. The van der Waals surface area contributed by atoms with Crippen molar-refractivity contribution in [2.75, 3.05) is 34.8 Å². The Bertz CT molecular complexity index is 1380. The molecule has 2 aliphatic rings. The Morgan fingerprint density at radius 3 is 2.42 bits per heavy atom. The molecular weight excluding hydrogens is 508 g/mol. The second-order valence-corrected chi connectivity index (χ2v) is 11.0. The molecule has 0 bridgehead atoms. The van der Waals surface area contributed by atoms with Crippen LogP contribution in [0.25, 0.3) is 0 Å². The van der Waals surface area contributed by atoms with Crippen LogP contribution in [-0.2, 0) is 4.79 Å². The van der Waals surface area contributed by atoms with Gasteiger partial charge < -0.3 is 9.80 Å². The fourth-order valence-electron chi connectivity index (χ4n) is 4.33. The molecule has 0 radical (unpaired) electrons. The number of fused-ring (bicyclic) bond motifs is 1. The number of rotatable bonds is 5. The maximum Gasteiger partial charge on any atom is 0.274 e.